The summed E-state index contributed by atoms with van der Waals surface area (Å²) < 4.78 is 6.30. The van der Waals surface area contributed by atoms with Gasteiger partial charge in [-0.05, 0) is 34.6 Å². The maximum absolute atomic E-state index is 6.38. The van der Waals surface area contributed by atoms with Gasteiger partial charge in [0.25, 0.3) is 0 Å². The predicted molar refractivity (Wildman–Crippen MR) is 107 cm³/mol. The topological polar surface area (TPSA) is 21.3 Å². The standard InChI is InChI=1S/C21H25Cl2NO/c1-20(2,3)12-9-15(21(4,5)6)18-17(10-12)24-19(25-18)14-8-7-13(22)11-16(14)23/h7-11,19,24H,1-6H3/t19-/m0/s1. The van der Waals surface area contributed by atoms with Crippen molar-refractivity contribution in [2.24, 2.45) is 0 Å². The maximum atomic E-state index is 6.38. The molecular formula is C21H25Cl2NO. The molecule has 1 aliphatic rings. The van der Waals surface area contributed by atoms with Gasteiger partial charge in [0.15, 0.2) is 6.23 Å². The summed E-state index contributed by atoms with van der Waals surface area (Å²) in [7, 11) is 0. The van der Waals surface area contributed by atoms with Crippen LogP contribution in [-0.2, 0) is 10.8 Å². The average molecular weight is 378 g/mol. The molecule has 4 heteroatoms. The Morgan fingerprint density at radius 1 is 0.920 bits per heavy atom. The summed E-state index contributed by atoms with van der Waals surface area (Å²) in [4.78, 5) is 0. The highest BCUT2D eigenvalue weighted by molar-refractivity contribution is 6.35. The lowest BCUT2D eigenvalue weighted by Gasteiger charge is -2.26. The highest BCUT2D eigenvalue weighted by atomic mass is 35.5. The van der Waals surface area contributed by atoms with Gasteiger partial charge in [-0.15, -0.1) is 0 Å². The quantitative estimate of drug-likeness (QED) is 0.572. The van der Waals surface area contributed by atoms with E-state index in [2.05, 4.69) is 59.0 Å². The number of benzene rings is 2. The maximum Gasteiger partial charge on any atom is 0.198 e. The Hall–Kier alpha value is -1.38. The van der Waals surface area contributed by atoms with Crippen LogP contribution in [0.3, 0.4) is 0 Å². The van der Waals surface area contributed by atoms with Crippen LogP contribution in [-0.4, -0.2) is 0 Å². The van der Waals surface area contributed by atoms with Crippen LogP contribution in [0.2, 0.25) is 10.0 Å². The molecule has 1 atom stereocenters. The zero-order chi connectivity index (χ0) is 18.6. The van der Waals surface area contributed by atoms with Crippen LogP contribution >= 0.6 is 23.2 Å². The monoisotopic (exact) mass is 377 g/mol. The molecular weight excluding hydrogens is 353 g/mol. The zero-order valence-corrected chi connectivity index (χ0v) is 17.1. The molecule has 0 aromatic heterocycles. The Labute approximate surface area is 160 Å². The van der Waals surface area contributed by atoms with Crippen LogP contribution in [0.25, 0.3) is 0 Å². The van der Waals surface area contributed by atoms with Crippen LogP contribution in [0.15, 0.2) is 30.3 Å². The summed E-state index contributed by atoms with van der Waals surface area (Å²) in [6.45, 7) is 13.3. The van der Waals surface area contributed by atoms with E-state index in [1.54, 1.807) is 6.07 Å². The Morgan fingerprint density at radius 2 is 1.60 bits per heavy atom. The largest absolute Gasteiger partial charge is 0.464 e. The lowest BCUT2D eigenvalue weighted by Crippen LogP contribution is -2.17. The molecule has 0 saturated heterocycles. The van der Waals surface area contributed by atoms with Crippen molar-refractivity contribution in [1.29, 1.82) is 0 Å². The van der Waals surface area contributed by atoms with Crippen molar-refractivity contribution in [2.45, 2.75) is 58.6 Å². The van der Waals surface area contributed by atoms with Gasteiger partial charge >= 0.3 is 0 Å². The zero-order valence-electron chi connectivity index (χ0n) is 15.6. The van der Waals surface area contributed by atoms with Gasteiger partial charge in [-0.3, -0.25) is 0 Å². The van der Waals surface area contributed by atoms with Gasteiger partial charge in [0.1, 0.15) is 5.75 Å². The molecule has 0 aliphatic carbocycles. The van der Waals surface area contributed by atoms with Gasteiger partial charge in [0.2, 0.25) is 0 Å². The molecule has 2 nitrogen and oxygen atoms in total. The second-order valence-corrected chi connectivity index (χ2v) is 9.55. The minimum Gasteiger partial charge on any atom is -0.464 e. The minimum absolute atomic E-state index is 0.0221. The molecule has 0 fully saturated rings. The number of nitrogens with one attached hydrogen (secondary N) is 1. The second kappa shape index (κ2) is 6.10. The Bertz CT molecular complexity index is 816. The summed E-state index contributed by atoms with van der Waals surface area (Å²) in [6, 6.07) is 9.95. The van der Waals surface area contributed by atoms with E-state index < -0.39 is 0 Å². The molecule has 0 radical (unpaired) electrons. The van der Waals surface area contributed by atoms with Crippen LogP contribution in [0.5, 0.6) is 5.75 Å². The van der Waals surface area contributed by atoms with Crippen LogP contribution < -0.4 is 10.1 Å². The first-order valence-corrected chi connectivity index (χ1v) is 9.29. The number of rotatable bonds is 1. The fourth-order valence-corrected chi connectivity index (χ4v) is 3.50. The third-order valence-electron chi connectivity index (χ3n) is 4.53. The molecule has 1 heterocycles. The smallest absolute Gasteiger partial charge is 0.198 e. The molecule has 2 aromatic rings. The van der Waals surface area contributed by atoms with E-state index >= 15 is 0 Å². The second-order valence-electron chi connectivity index (χ2n) is 8.71. The summed E-state index contributed by atoms with van der Waals surface area (Å²) in [6.07, 6.45) is -0.309. The lowest BCUT2D eigenvalue weighted by molar-refractivity contribution is 0.254. The minimum atomic E-state index is -0.309. The van der Waals surface area contributed by atoms with E-state index in [4.69, 9.17) is 27.9 Å². The van der Waals surface area contributed by atoms with Crippen LogP contribution in [0, 0.1) is 0 Å². The number of hydrogen-bond donors (Lipinski definition) is 1. The molecule has 25 heavy (non-hydrogen) atoms. The fourth-order valence-electron chi connectivity index (χ4n) is 3.00. The molecule has 0 spiro atoms. The fraction of sp³-hybridized carbons (Fsp3) is 0.429. The average Bonchev–Trinajstić information content (AvgIpc) is 2.87. The highest BCUT2D eigenvalue weighted by Gasteiger charge is 2.33. The highest BCUT2D eigenvalue weighted by Crippen LogP contribution is 2.47. The summed E-state index contributed by atoms with van der Waals surface area (Å²) in [5, 5.41) is 4.71. The van der Waals surface area contributed by atoms with Crippen molar-refractivity contribution < 1.29 is 4.74 Å². The molecule has 3 rings (SSSR count). The third-order valence-corrected chi connectivity index (χ3v) is 5.09. The number of ether oxygens (including phenoxy) is 1. The van der Waals surface area contributed by atoms with Crippen molar-refractivity contribution in [1.82, 2.24) is 0 Å². The van der Waals surface area contributed by atoms with Gasteiger partial charge in [0.05, 0.1) is 10.7 Å². The van der Waals surface area contributed by atoms with Crippen molar-refractivity contribution in [3.63, 3.8) is 0 Å². The molecule has 1 N–H and O–H groups in total. The number of anilines is 1. The molecule has 0 amide bonds. The van der Waals surface area contributed by atoms with Gasteiger partial charge in [-0.25, -0.2) is 0 Å². The van der Waals surface area contributed by atoms with E-state index in [0.29, 0.717) is 10.0 Å². The summed E-state index contributed by atoms with van der Waals surface area (Å²) in [5.74, 6) is 0.913. The SMILES string of the molecule is CC(C)(C)c1cc2c(c(C(C)(C)C)c1)O[C@@H](c1ccc(Cl)cc1Cl)N2. The lowest BCUT2D eigenvalue weighted by atomic mass is 9.80. The van der Waals surface area contributed by atoms with Gasteiger partial charge in [-0.1, -0.05) is 76.9 Å². The van der Waals surface area contributed by atoms with Gasteiger partial charge in [-0.2, -0.15) is 0 Å². The van der Waals surface area contributed by atoms with Crippen LogP contribution in [0.1, 0.15) is 64.5 Å². The first-order chi connectivity index (χ1) is 11.5. The van der Waals surface area contributed by atoms with Crippen LogP contribution in [0.4, 0.5) is 5.69 Å². The number of hydrogen-bond acceptors (Lipinski definition) is 2. The Balaban J connectivity index is 2.08. The summed E-state index contributed by atoms with van der Waals surface area (Å²) >= 11 is 12.4. The van der Waals surface area contributed by atoms with Crippen molar-refractivity contribution in [3.8, 4) is 5.75 Å². The Kier molecular flexibility index (Phi) is 4.50. The van der Waals surface area contributed by atoms with E-state index in [1.807, 2.05) is 12.1 Å². The van der Waals surface area contributed by atoms with Gasteiger partial charge < -0.3 is 10.1 Å². The molecule has 2 aromatic carbocycles. The van der Waals surface area contributed by atoms with E-state index in [0.717, 1.165) is 17.0 Å². The van der Waals surface area contributed by atoms with Gasteiger partial charge in [0, 0.05) is 16.1 Å². The summed E-state index contributed by atoms with van der Waals surface area (Å²) in [5.41, 5.74) is 4.44. The van der Waals surface area contributed by atoms with E-state index in [-0.39, 0.29) is 17.1 Å². The first-order valence-electron chi connectivity index (χ1n) is 8.54. The normalized spacial score (nSPS) is 17.0. The van der Waals surface area contributed by atoms with E-state index in [1.165, 1.54) is 11.1 Å². The van der Waals surface area contributed by atoms with Crippen molar-refractivity contribution in [2.75, 3.05) is 5.32 Å². The molecule has 0 unspecified atom stereocenters. The number of halogens is 2. The molecule has 0 bridgehead atoms. The van der Waals surface area contributed by atoms with E-state index in [9.17, 15) is 0 Å². The first kappa shape index (κ1) is 18.4. The molecule has 134 valence electrons. The van der Waals surface area contributed by atoms with Crippen molar-refractivity contribution in [3.05, 3.63) is 57.1 Å². The number of fused-ring (bicyclic) bond motifs is 1. The molecule has 1 aliphatic heterocycles. The predicted octanol–water partition coefficient (Wildman–Crippen LogP) is 7.09. The Morgan fingerprint density at radius 3 is 2.16 bits per heavy atom. The van der Waals surface area contributed by atoms with Crippen molar-refractivity contribution >= 4 is 28.9 Å². The third kappa shape index (κ3) is 3.61. The molecule has 0 saturated carbocycles.